The van der Waals surface area contributed by atoms with Crippen molar-refractivity contribution in [3.05, 3.63) is 29.8 Å². The molecule has 0 radical (unpaired) electrons. The molecule has 1 saturated heterocycles. The molecule has 3 rings (SSSR count). The van der Waals surface area contributed by atoms with Gasteiger partial charge in [-0.25, -0.2) is 0 Å². The molecule has 0 aromatic heterocycles. The first-order valence-corrected chi connectivity index (χ1v) is 8.88. The monoisotopic (exact) mass is 286 g/mol. The molecule has 0 spiro atoms. The molecule has 2 nitrogen and oxygen atoms in total. The van der Waals surface area contributed by atoms with Crippen LogP contribution in [0.4, 0.5) is 5.69 Å². The molecule has 21 heavy (non-hydrogen) atoms. The van der Waals surface area contributed by atoms with Gasteiger partial charge in [-0.3, -0.25) is 0 Å². The third-order valence-corrected chi connectivity index (χ3v) is 5.19. The molecule has 1 aromatic carbocycles. The lowest BCUT2D eigenvalue weighted by Gasteiger charge is -2.29. The smallest absolute Gasteiger partial charge is 0.0366 e. The first-order valence-electron chi connectivity index (χ1n) is 8.88. The van der Waals surface area contributed by atoms with Gasteiger partial charge in [0.05, 0.1) is 0 Å². The molecule has 116 valence electrons. The zero-order valence-corrected chi connectivity index (χ0v) is 13.5. The average Bonchev–Trinajstić information content (AvgIpc) is 2.54. The van der Waals surface area contributed by atoms with Crippen LogP contribution in [-0.2, 0) is 6.54 Å². The first kappa shape index (κ1) is 14.9. The number of nitrogens with zero attached hydrogens (tertiary/aromatic N) is 1. The third kappa shape index (κ3) is 4.23. The van der Waals surface area contributed by atoms with Gasteiger partial charge in [-0.05, 0) is 55.7 Å². The van der Waals surface area contributed by atoms with E-state index in [0.717, 1.165) is 18.5 Å². The summed E-state index contributed by atoms with van der Waals surface area (Å²) in [5.41, 5.74) is 2.83. The van der Waals surface area contributed by atoms with E-state index in [0.29, 0.717) is 0 Å². The standard InChI is InChI=1S/C19H30N2/c1-16-6-5-7-18(14-16)20-15-17-8-10-19(11-9-17)21-12-3-2-4-13-21/h8-11,16,18,20H,2-7,12-15H2,1H3. The fraction of sp³-hybridized carbons (Fsp3) is 0.684. The summed E-state index contributed by atoms with van der Waals surface area (Å²) < 4.78 is 0. The van der Waals surface area contributed by atoms with Gasteiger partial charge in [0, 0.05) is 31.4 Å². The summed E-state index contributed by atoms with van der Waals surface area (Å²) in [6.45, 7) is 5.88. The van der Waals surface area contributed by atoms with E-state index in [-0.39, 0.29) is 0 Å². The van der Waals surface area contributed by atoms with Crippen LogP contribution in [0.2, 0.25) is 0 Å². The van der Waals surface area contributed by atoms with Crippen molar-refractivity contribution in [3.8, 4) is 0 Å². The van der Waals surface area contributed by atoms with E-state index in [9.17, 15) is 0 Å². The second-order valence-corrected chi connectivity index (χ2v) is 7.06. The second-order valence-electron chi connectivity index (χ2n) is 7.06. The van der Waals surface area contributed by atoms with Crippen LogP contribution in [0, 0.1) is 5.92 Å². The maximum atomic E-state index is 3.75. The molecule has 2 unspecified atom stereocenters. The summed E-state index contributed by atoms with van der Waals surface area (Å²) in [6, 6.07) is 9.97. The molecule has 2 fully saturated rings. The van der Waals surface area contributed by atoms with Crippen LogP contribution >= 0.6 is 0 Å². The van der Waals surface area contributed by atoms with Crippen LogP contribution < -0.4 is 10.2 Å². The largest absolute Gasteiger partial charge is 0.372 e. The molecule has 1 aromatic rings. The zero-order valence-electron chi connectivity index (χ0n) is 13.5. The SMILES string of the molecule is CC1CCCC(NCc2ccc(N3CCCCC3)cc2)C1. The number of hydrogen-bond acceptors (Lipinski definition) is 2. The van der Waals surface area contributed by atoms with E-state index < -0.39 is 0 Å². The minimum absolute atomic E-state index is 0.732. The summed E-state index contributed by atoms with van der Waals surface area (Å²) in [6.07, 6.45) is 9.63. The topological polar surface area (TPSA) is 15.3 Å². The molecule has 1 aliphatic heterocycles. The lowest BCUT2D eigenvalue weighted by atomic mass is 9.87. The lowest BCUT2D eigenvalue weighted by molar-refractivity contribution is 0.300. The van der Waals surface area contributed by atoms with Gasteiger partial charge in [0.25, 0.3) is 0 Å². The highest BCUT2D eigenvalue weighted by molar-refractivity contribution is 5.47. The zero-order chi connectivity index (χ0) is 14.5. The number of benzene rings is 1. The number of piperidine rings is 1. The Morgan fingerprint density at radius 2 is 1.76 bits per heavy atom. The normalized spacial score (nSPS) is 26.8. The van der Waals surface area contributed by atoms with Gasteiger partial charge in [-0.15, -0.1) is 0 Å². The Kier molecular flexibility index (Phi) is 5.18. The van der Waals surface area contributed by atoms with E-state index in [2.05, 4.69) is 41.4 Å². The van der Waals surface area contributed by atoms with Crippen LogP contribution in [0.15, 0.2) is 24.3 Å². The van der Waals surface area contributed by atoms with E-state index in [1.54, 1.807) is 0 Å². The predicted molar refractivity (Wildman–Crippen MR) is 90.8 cm³/mol. The Morgan fingerprint density at radius 1 is 1.00 bits per heavy atom. The maximum absolute atomic E-state index is 3.75. The van der Waals surface area contributed by atoms with Gasteiger partial charge in [0.15, 0.2) is 0 Å². The van der Waals surface area contributed by atoms with Crippen molar-refractivity contribution < 1.29 is 0 Å². The Morgan fingerprint density at radius 3 is 2.48 bits per heavy atom. The lowest BCUT2D eigenvalue weighted by Crippen LogP contribution is -2.33. The molecule has 0 bridgehead atoms. The van der Waals surface area contributed by atoms with Crippen molar-refractivity contribution in [1.82, 2.24) is 5.32 Å². The summed E-state index contributed by atoms with van der Waals surface area (Å²) in [4.78, 5) is 2.53. The highest BCUT2D eigenvalue weighted by Gasteiger charge is 2.18. The highest BCUT2D eigenvalue weighted by Crippen LogP contribution is 2.24. The van der Waals surface area contributed by atoms with Crippen molar-refractivity contribution in [1.29, 1.82) is 0 Å². The number of anilines is 1. The molecule has 1 N–H and O–H groups in total. The molecule has 1 aliphatic carbocycles. The van der Waals surface area contributed by atoms with Gasteiger partial charge in [0.1, 0.15) is 0 Å². The number of hydrogen-bond donors (Lipinski definition) is 1. The third-order valence-electron chi connectivity index (χ3n) is 5.19. The summed E-state index contributed by atoms with van der Waals surface area (Å²) in [5.74, 6) is 0.901. The van der Waals surface area contributed by atoms with Crippen LogP contribution in [0.25, 0.3) is 0 Å². The molecule has 2 aliphatic rings. The minimum Gasteiger partial charge on any atom is -0.372 e. The Balaban J connectivity index is 1.49. The Labute approximate surface area is 129 Å². The summed E-state index contributed by atoms with van der Waals surface area (Å²) in [7, 11) is 0. The molecule has 2 atom stereocenters. The molecular weight excluding hydrogens is 256 g/mol. The van der Waals surface area contributed by atoms with Crippen LogP contribution in [0.1, 0.15) is 57.4 Å². The number of rotatable bonds is 4. The summed E-state index contributed by atoms with van der Waals surface area (Å²) >= 11 is 0. The fourth-order valence-corrected chi connectivity index (χ4v) is 3.86. The van der Waals surface area contributed by atoms with Gasteiger partial charge in [-0.1, -0.05) is 31.9 Å². The Bertz CT molecular complexity index is 420. The first-order chi connectivity index (χ1) is 10.3. The van der Waals surface area contributed by atoms with Crippen LogP contribution in [-0.4, -0.2) is 19.1 Å². The van der Waals surface area contributed by atoms with Crippen molar-refractivity contribution >= 4 is 5.69 Å². The average molecular weight is 286 g/mol. The van der Waals surface area contributed by atoms with E-state index in [4.69, 9.17) is 0 Å². The van der Waals surface area contributed by atoms with E-state index in [1.807, 2.05) is 0 Å². The molecule has 1 saturated carbocycles. The van der Waals surface area contributed by atoms with E-state index in [1.165, 1.54) is 69.3 Å². The molecule has 1 heterocycles. The van der Waals surface area contributed by atoms with Crippen molar-refractivity contribution in [2.24, 2.45) is 5.92 Å². The van der Waals surface area contributed by atoms with Crippen molar-refractivity contribution in [3.63, 3.8) is 0 Å². The fourth-order valence-electron chi connectivity index (χ4n) is 3.86. The quantitative estimate of drug-likeness (QED) is 0.885. The maximum Gasteiger partial charge on any atom is 0.0366 e. The minimum atomic E-state index is 0.732. The molecule has 0 amide bonds. The predicted octanol–water partition coefficient (Wildman–Crippen LogP) is 4.35. The molecular formula is C19H30N2. The van der Waals surface area contributed by atoms with Crippen molar-refractivity contribution in [2.75, 3.05) is 18.0 Å². The van der Waals surface area contributed by atoms with Crippen LogP contribution in [0.5, 0.6) is 0 Å². The van der Waals surface area contributed by atoms with Gasteiger partial charge >= 0.3 is 0 Å². The van der Waals surface area contributed by atoms with Gasteiger partial charge in [0.2, 0.25) is 0 Å². The second kappa shape index (κ2) is 7.31. The van der Waals surface area contributed by atoms with Crippen LogP contribution in [0.3, 0.4) is 0 Å². The Hall–Kier alpha value is -1.02. The molecule has 2 heteroatoms. The highest BCUT2D eigenvalue weighted by atomic mass is 15.1. The van der Waals surface area contributed by atoms with Gasteiger partial charge in [-0.2, -0.15) is 0 Å². The van der Waals surface area contributed by atoms with Gasteiger partial charge < -0.3 is 10.2 Å². The van der Waals surface area contributed by atoms with E-state index >= 15 is 0 Å². The van der Waals surface area contributed by atoms with Crippen molar-refractivity contribution in [2.45, 2.75) is 64.5 Å². The number of nitrogens with one attached hydrogen (secondary N) is 1. The summed E-state index contributed by atoms with van der Waals surface area (Å²) in [5, 5.41) is 3.75.